The molecule has 1 aliphatic heterocycles. The molecule has 0 radical (unpaired) electrons. The normalized spacial score (nSPS) is 20.5. The molecule has 1 N–H and O–H groups in total. The van der Waals surface area contributed by atoms with Crippen LogP contribution in [-0.2, 0) is 4.74 Å². The van der Waals surface area contributed by atoms with E-state index in [4.69, 9.17) is 10.00 Å². The number of halogens is 2. The molecule has 6 heteroatoms. The maximum atomic E-state index is 13.3. The first-order chi connectivity index (χ1) is 8.44. The minimum Gasteiger partial charge on any atom is -0.449 e. The minimum absolute atomic E-state index is 0. The first-order valence-corrected chi connectivity index (χ1v) is 5.57. The number of carbonyl (C=O) groups is 1. The standard InChI is InChI=1S/C13H13FN2O2.ClH/c1-13(2)7-18-12(17)16-11(13)8-3-4-10(14)9(5-8)6-15;/h3-5,11H,7H2,1-2H3,(H,16,17);1H/t11-;/m1./s1. The van der Waals surface area contributed by atoms with Gasteiger partial charge in [0.2, 0.25) is 0 Å². The van der Waals surface area contributed by atoms with E-state index >= 15 is 0 Å². The molecule has 1 saturated heterocycles. The number of nitrogens with zero attached hydrogens (tertiary/aromatic N) is 1. The Hall–Kier alpha value is -1.80. The van der Waals surface area contributed by atoms with E-state index in [1.54, 1.807) is 12.1 Å². The molecule has 1 atom stereocenters. The molecule has 2 rings (SSSR count). The summed E-state index contributed by atoms with van der Waals surface area (Å²) in [7, 11) is 0. The number of hydrogen-bond acceptors (Lipinski definition) is 3. The van der Waals surface area contributed by atoms with Gasteiger partial charge in [0.05, 0.1) is 11.6 Å². The molecule has 0 bridgehead atoms. The minimum atomic E-state index is -0.558. The van der Waals surface area contributed by atoms with Crippen LogP contribution in [0.25, 0.3) is 0 Å². The smallest absolute Gasteiger partial charge is 0.407 e. The first-order valence-electron chi connectivity index (χ1n) is 5.57. The van der Waals surface area contributed by atoms with Gasteiger partial charge in [0, 0.05) is 5.41 Å². The Morgan fingerprint density at radius 2 is 2.21 bits per heavy atom. The molecule has 19 heavy (non-hydrogen) atoms. The van der Waals surface area contributed by atoms with Crippen molar-refractivity contribution in [2.24, 2.45) is 5.41 Å². The summed E-state index contributed by atoms with van der Waals surface area (Å²) in [6.07, 6.45) is -0.498. The van der Waals surface area contributed by atoms with Crippen LogP contribution in [0.1, 0.15) is 31.0 Å². The zero-order valence-electron chi connectivity index (χ0n) is 10.6. The van der Waals surface area contributed by atoms with Gasteiger partial charge < -0.3 is 10.1 Å². The van der Waals surface area contributed by atoms with Gasteiger partial charge in [-0.3, -0.25) is 0 Å². The Kier molecular flexibility index (Phi) is 4.38. The van der Waals surface area contributed by atoms with Crippen molar-refractivity contribution < 1.29 is 13.9 Å². The Balaban J connectivity index is 0.00000180. The Morgan fingerprint density at radius 1 is 1.53 bits per heavy atom. The fourth-order valence-corrected chi connectivity index (χ4v) is 2.03. The predicted octanol–water partition coefficient (Wildman–Crippen LogP) is 2.93. The van der Waals surface area contributed by atoms with Crippen molar-refractivity contribution in [3.05, 3.63) is 35.1 Å². The van der Waals surface area contributed by atoms with Gasteiger partial charge in [-0.15, -0.1) is 12.4 Å². The summed E-state index contributed by atoms with van der Waals surface area (Å²) in [4.78, 5) is 11.3. The van der Waals surface area contributed by atoms with Crippen molar-refractivity contribution in [2.45, 2.75) is 19.9 Å². The molecular formula is C13H14ClFN2O2. The average molecular weight is 285 g/mol. The molecule has 1 aliphatic rings. The van der Waals surface area contributed by atoms with Crippen LogP contribution in [0.5, 0.6) is 0 Å². The molecule has 0 aromatic heterocycles. The van der Waals surface area contributed by atoms with Gasteiger partial charge in [0.15, 0.2) is 0 Å². The number of alkyl carbamates (subject to hydrolysis) is 1. The van der Waals surface area contributed by atoms with Crippen LogP contribution in [0.2, 0.25) is 0 Å². The molecule has 4 nitrogen and oxygen atoms in total. The zero-order chi connectivity index (χ0) is 13.3. The number of cyclic esters (lactones) is 1. The van der Waals surface area contributed by atoms with E-state index in [-0.39, 0.29) is 36.0 Å². The summed E-state index contributed by atoms with van der Waals surface area (Å²) in [5.74, 6) is -0.558. The van der Waals surface area contributed by atoms with Crippen LogP contribution in [0.15, 0.2) is 18.2 Å². The lowest BCUT2D eigenvalue weighted by molar-refractivity contribution is 0.0387. The molecule has 1 amide bonds. The van der Waals surface area contributed by atoms with Crippen molar-refractivity contribution in [3.8, 4) is 6.07 Å². The summed E-state index contributed by atoms with van der Waals surface area (Å²) in [6, 6.07) is 5.78. The zero-order valence-corrected chi connectivity index (χ0v) is 11.4. The SMILES string of the molecule is CC1(C)COC(=O)N[C@@H]1c1ccc(F)c(C#N)c1.Cl. The summed E-state index contributed by atoms with van der Waals surface area (Å²) < 4.78 is 18.2. The number of nitrogens with one attached hydrogen (secondary N) is 1. The number of ether oxygens (including phenoxy) is 1. The molecule has 1 aromatic rings. The van der Waals surface area contributed by atoms with Crippen molar-refractivity contribution in [1.82, 2.24) is 5.32 Å². The lowest BCUT2D eigenvalue weighted by Gasteiger charge is -2.38. The second-order valence-corrected chi connectivity index (χ2v) is 4.99. The number of rotatable bonds is 1. The summed E-state index contributed by atoms with van der Waals surface area (Å²) >= 11 is 0. The Morgan fingerprint density at radius 3 is 2.84 bits per heavy atom. The maximum Gasteiger partial charge on any atom is 0.407 e. The fraction of sp³-hybridized carbons (Fsp3) is 0.385. The van der Waals surface area contributed by atoms with Gasteiger partial charge in [-0.1, -0.05) is 19.9 Å². The second-order valence-electron chi connectivity index (χ2n) is 4.99. The topological polar surface area (TPSA) is 62.1 Å². The van der Waals surface area contributed by atoms with Crippen LogP contribution in [-0.4, -0.2) is 12.7 Å². The van der Waals surface area contributed by atoms with Crippen LogP contribution in [0.4, 0.5) is 9.18 Å². The van der Waals surface area contributed by atoms with E-state index in [1.807, 2.05) is 13.8 Å². The van der Waals surface area contributed by atoms with E-state index in [2.05, 4.69) is 5.32 Å². The van der Waals surface area contributed by atoms with Crippen LogP contribution in [0.3, 0.4) is 0 Å². The van der Waals surface area contributed by atoms with Crippen molar-refractivity contribution in [1.29, 1.82) is 5.26 Å². The maximum absolute atomic E-state index is 13.3. The highest BCUT2D eigenvalue weighted by Crippen LogP contribution is 2.36. The van der Waals surface area contributed by atoms with Crippen LogP contribution in [0, 0.1) is 22.6 Å². The molecule has 0 saturated carbocycles. The van der Waals surface area contributed by atoms with Gasteiger partial charge in [0.25, 0.3) is 0 Å². The monoisotopic (exact) mass is 284 g/mol. The van der Waals surface area contributed by atoms with E-state index in [0.717, 1.165) is 0 Å². The number of benzene rings is 1. The lowest BCUT2D eigenvalue weighted by atomic mass is 9.80. The van der Waals surface area contributed by atoms with Crippen molar-refractivity contribution in [3.63, 3.8) is 0 Å². The predicted molar refractivity (Wildman–Crippen MR) is 69.4 cm³/mol. The van der Waals surface area contributed by atoms with Gasteiger partial charge in [-0.2, -0.15) is 5.26 Å². The Labute approximate surface area is 117 Å². The number of amides is 1. The van der Waals surface area contributed by atoms with Crippen LogP contribution < -0.4 is 5.32 Å². The third kappa shape index (κ3) is 2.96. The largest absolute Gasteiger partial charge is 0.449 e. The van der Waals surface area contributed by atoms with E-state index in [1.165, 1.54) is 12.1 Å². The lowest BCUT2D eigenvalue weighted by Crippen LogP contribution is -2.46. The molecular weight excluding hydrogens is 271 g/mol. The quantitative estimate of drug-likeness (QED) is 0.862. The highest BCUT2D eigenvalue weighted by Gasteiger charge is 2.38. The third-order valence-corrected chi connectivity index (χ3v) is 3.06. The van der Waals surface area contributed by atoms with Gasteiger partial charge >= 0.3 is 6.09 Å². The summed E-state index contributed by atoms with van der Waals surface area (Å²) in [6.45, 7) is 4.15. The Bertz CT molecular complexity index is 540. The molecule has 1 fully saturated rings. The molecule has 0 spiro atoms. The molecule has 0 aliphatic carbocycles. The second kappa shape index (κ2) is 5.45. The van der Waals surface area contributed by atoms with E-state index in [9.17, 15) is 9.18 Å². The third-order valence-electron chi connectivity index (χ3n) is 3.06. The highest BCUT2D eigenvalue weighted by atomic mass is 35.5. The highest BCUT2D eigenvalue weighted by molar-refractivity contribution is 5.85. The van der Waals surface area contributed by atoms with Gasteiger partial charge in [-0.05, 0) is 17.7 Å². The molecule has 0 unspecified atom stereocenters. The molecule has 102 valence electrons. The van der Waals surface area contributed by atoms with Crippen LogP contribution >= 0.6 is 12.4 Å². The van der Waals surface area contributed by atoms with E-state index < -0.39 is 11.9 Å². The van der Waals surface area contributed by atoms with Gasteiger partial charge in [-0.25, -0.2) is 9.18 Å². The van der Waals surface area contributed by atoms with E-state index in [0.29, 0.717) is 5.56 Å². The number of carbonyl (C=O) groups excluding carboxylic acids is 1. The summed E-state index contributed by atoms with van der Waals surface area (Å²) in [5, 5.41) is 11.5. The molecule has 1 heterocycles. The number of hydrogen-bond donors (Lipinski definition) is 1. The number of nitriles is 1. The first kappa shape index (κ1) is 15.3. The van der Waals surface area contributed by atoms with Gasteiger partial charge in [0.1, 0.15) is 18.5 Å². The summed E-state index contributed by atoms with van der Waals surface area (Å²) in [5.41, 5.74) is 0.358. The molecule has 1 aromatic carbocycles. The van der Waals surface area contributed by atoms with Crippen molar-refractivity contribution in [2.75, 3.05) is 6.61 Å². The fourth-order valence-electron chi connectivity index (χ4n) is 2.03. The average Bonchev–Trinajstić information content (AvgIpc) is 2.33. The van der Waals surface area contributed by atoms with Crippen molar-refractivity contribution >= 4 is 18.5 Å².